The van der Waals surface area contributed by atoms with Gasteiger partial charge in [-0.25, -0.2) is 23.1 Å². The van der Waals surface area contributed by atoms with Gasteiger partial charge in [-0.1, -0.05) is 24.2 Å². The monoisotopic (exact) mass is 903 g/mol. The number of hydrogen-bond donors (Lipinski definition) is 1. The van der Waals surface area contributed by atoms with Crippen molar-refractivity contribution in [2.24, 2.45) is 5.92 Å². The van der Waals surface area contributed by atoms with Gasteiger partial charge in [0.2, 0.25) is 0 Å². The van der Waals surface area contributed by atoms with Crippen molar-refractivity contribution >= 4 is 27.6 Å². The number of hydrogen-bond acceptors (Lipinski definition) is 8. The Morgan fingerprint density at radius 1 is 0.910 bits per heavy atom. The molecule has 4 fully saturated rings. The van der Waals surface area contributed by atoms with E-state index in [0.717, 1.165) is 61.7 Å². The quantitative estimate of drug-likeness (QED) is 0.168. The smallest absolute Gasteiger partial charge is 0.375 e. The lowest BCUT2D eigenvalue weighted by molar-refractivity contribution is -0.0132. The van der Waals surface area contributed by atoms with Crippen molar-refractivity contribution in [3.05, 3.63) is 152 Å². The number of amides is 1. The molecule has 16 heteroatoms. The number of aromatic amines is 1. The van der Waals surface area contributed by atoms with E-state index in [4.69, 9.17) is 14.4 Å². The van der Waals surface area contributed by atoms with Crippen LogP contribution in [0.2, 0.25) is 0 Å². The number of imidazole rings is 1. The third kappa shape index (κ3) is 5.93. The van der Waals surface area contributed by atoms with Crippen LogP contribution in [0.25, 0.3) is 38.9 Å². The van der Waals surface area contributed by atoms with E-state index in [9.17, 15) is 9.59 Å². The number of aromatic nitrogens is 8. The first-order valence-electron chi connectivity index (χ1n) is 23.3. The van der Waals surface area contributed by atoms with Crippen molar-refractivity contribution in [1.29, 1.82) is 0 Å². The van der Waals surface area contributed by atoms with Crippen LogP contribution in [0.3, 0.4) is 0 Å². The van der Waals surface area contributed by atoms with Crippen molar-refractivity contribution in [2.75, 3.05) is 6.61 Å². The number of nitrogens with one attached hydrogen (secondary N) is 1. The summed E-state index contributed by atoms with van der Waals surface area (Å²) < 4.78 is 49.3. The molecule has 340 valence electrons. The molecule has 2 saturated carbocycles. The molecule has 1 N–H and O–H groups in total. The summed E-state index contributed by atoms with van der Waals surface area (Å²) in [6, 6.07) is 16.1. The number of carbonyl (C=O) groups is 1. The molecule has 0 radical (unpaired) electrons. The van der Waals surface area contributed by atoms with E-state index in [2.05, 4.69) is 44.8 Å². The van der Waals surface area contributed by atoms with Crippen LogP contribution in [0, 0.1) is 31.4 Å². The van der Waals surface area contributed by atoms with Crippen LogP contribution in [-0.2, 0) is 16.7 Å². The minimum atomic E-state index is -0.841. The van der Waals surface area contributed by atoms with Crippen LogP contribution in [0.15, 0.2) is 93.5 Å². The Morgan fingerprint density at radius 2 is 1.72 bits per heavy atom. The van der Waals surface area contributed by atoms with Gasteiger partial charge in [0.05, 0.1) is 28.7 Å². The summed E-state index contributed by atoms with van der Waals surface area (Å²) in [7, 11) is 0. The topological polar surface area (TPSA) is 151 Å². The first kappa shape index (κ1) is 40.3. The predicted octanol–water partition coefficient (Wildman–Crippen LogP) is 8.39. The van der Waals surface area contributed by atoms with E-state index in [1.54, 1.807) is 61.3 Å². The summed E-state index contributed by atoms with van der Waals surface area (Å²) >= 11 is 0. The van der Waals surface area contributed by atoms with E-state index in [0.29, 0.717) is 75.7 Å². The predicted molar refractivity (Wildman–Crippen MR) is 243 cm³/mol. The fourth-order valence-electron chi connectivity index (χ4n) is 12.1. The summed E-state index contributed by atoms with van der Waals surface area (Å²) in [6.45, 7) is 6.20. The van der Waals surface area contributed by atoms with Gasteiger partial charge < -0.3 is 14.2 Å². The zero-order chi connectivity index (χ0) is 45.7. The summed E-state index contributed by atoms with van der Waals surface area (Å²) in [6.07, 6.45) is 13.5. The highest BCUT2D eigenvalue weighted by Crippen LogP contribution is 2.57. The number of aryl methyl sites for hydroxylation is 2. The highest BCUT2D eigenvalue weighted by atomic mass is 19.1. The van der Waals surface area contributed by atoms with Gasteiger partial charge in [0, 0.05) is 71.1 Å². The maximum Gasteiger partial charge on any atom is 0.438 e. The number of piperidine rings is 1. The first-order chi connectivity index (χ1) is 32.4. The number of halogens is 2. The highest BCUT2D eigenvalue weighted by molar-refractivity contribution is 6.00. The van der Waals surface area contributed by atoms with Crippen LogP contribution in [-0.4, -0.2) is 67.7 Å². The van der Waals surface area contributed by atoms with Crippen molar-refractivity contribution in [3.63, 3.8) is 0 Å². The number of carbonyl (C=O) groups excluding carboxylic acids is 1. The van der Waals surface area contributed by atoms with Crippen LogP contribution in [0.4, 0.5) is 8.78 Å². The Labute approximate surface area is 381 Å². The minimum absolute atomic E-state index is 0.0124. The van der Waals surface area contributed by atoms with Crippen molar-refractivity contribution in [1.82, 2.24) is 43.5 Å². The number of ether oxygens (including phenoxy) is 1. The Balaban J connectivity index is 0.980. The summed E-state index contributed by atoms with van der Waals surface area (Å²) in [5, 5.41) is 11.3. The maximum atomic E-state index is 16.3. The first-order valence-corrected chi connectivity index (χ1v) is 23.3. The second-order valence-electron chi connectivity index (χ2n) is 19.7. The lowest BCUT2D eigenvalue weighted by Gasteiger charge is -2.46. The molecule has 2 bridgehead atoms. The molecule has 8 heterocycles. The second kappa shape index (κ2) is 14.3. The Morgan fingerprint density at radius 3 is 2.48 bits per heavy atom. The summed E-state index contributed by atoms with van der Waals surface area (Å²) in [5.74, 6) is -0.617. The van der Waals surface area contributed by atoms with Crippen LogP contribution >= 0.6 is 0 Å². The molecule has 2 aliphatic carbocycles. The molecular formula is C51H47F2N9O5. The summed E-state index contributed by atoms with van der Waals surface area (Å²) in [5.41, 5.74) is 4.05. The molecule has 1 amide bonds. The molecule has 14 nitrogen and oxygen atoms in total. The standard InChI is InChI=1S/C51H47F2N9O5/c1-27-19-35(20-28(2)43(27)52)62-45(59-17-16-58(49(59)65)40-10-8-32-26-54-15-11-36(32)44(40)53)42-37(56-62)23-34-5-4-6-39(42)60(34)46(63)41-22-33-21-30(31-12-18-66-50(25-31)13-14-50)7-9-38(33)61(41)51(24-29(51)3)47-55-48(64)67-57-47/h7-11,15-17,19-22,26,29,31,34,39H,4-6,12-14,18,23-25H2,1-3H3,(H,55,57,64)/t29-,31-,34+,39-,51-/m0/s1. The van der Waals surface area contributed by atoms with Gasteiger partial charge in [0.1, 0.15) is 22.9 Å². The number of benzene rings is 3. The van der Waals surface area contributed by atoms with Gasteiger partial charge in [-0.2, -0.15) is 5.10 Å². The van der Waals surface area contributed by atoms with Crippen LogP contribution < -0.4 is 11.4 Å². The number of fused-ring (bicyclic) bond motifs is 6. The van der Waals surface area contributed by atoms with Gasteiger partial charge in [-0.3, -0.25) is 28.4 Å². The van der Waals surface area contributed by atoms with Crippen LogP contribution in [0.1, 0.15) is 115 Å². The number of H-pyrrole nitrogens is 1. The van der Waals surface area contributed by atoms with Gasteiger partial charge in [-0.05, 0) is 136 Å². The average molecular weight is 904 g/mol. The Kier molecular flexibility index (Phi) is 8.60. The van der Waals surface area contributed by atoms with E-state index in [1.807, 2.05) is 11.0 Å². The third-order valence-electron chi connectivity index (χ3n) is 15.7. The van der Waals surface area contributed by atoms with Gasteiger partial charge in [-0.15, -0.1) is 0 Å². The molecular weight excluding hydrogens is 857 g/mol. The minimum Gasteiger partial charge on any atom is -0.375 e. The molecule has 2 saturated heterocycles. The molecule has 3 aliphatic heterocycles. The van der Waals surface area contributed by atoms with E-state index in [-0.39, 0.29) is 35.0 Å². The fourth-order valence-corrected chi connectivity index (χ4v) is 12.1. The fraction of sp³-hybridized carbons (Fsp3) is 0.373. The molecule has 13 rings (SSSR count). The van der Waals surface area contributed by atoms with E-state index >= 15 is 13.6 Å². The normalized spacial score (nSPS) is 23.9. The molecule has 8 aromatic rings. The van der Waals surface area contributed by atoms with Crippen molar-refractivity contribution in [2.45, 2.75) is 108 Å². The number of rotatable bonds is 7. The third-order valence-corrected chi connectivity index (χ3v) is 15.7. The molecule has 5 aromatic heterocycles. The Hall–Kier alpha value is -6.94. The number of pyridine rings is 1. The maximum absolute atomic E-state index is 16.3. The average Bonchev–Trinajstić information content (AvgIpc) is 3.86. The molecule has 5 atom stereocenters. The number of nitrogens with zero attached hydrogens (tertiary/aromatic N) is 8. The van der Waals surface area contributed by atoms with Gasteiger partial charge in [0.25, 0.3) is 5.91 Å². The molecule has 1 spiro atoms. The van der Waals surface area contributed by atoms with E-state index in [1.165, 1.54) is 27.1 Å². The van der Waals surface area contributed by atoms with Crippen LogP contribution in [0.5, 0.6) is 0 Å². The van der Waals surface area contributed by atoms with Crippen molar-refractivity contribution < 1.29 is 22.8 Å². The van der Waals surface area contributed by atoms with E-state index < -0.39 is 28.8 Å². The van der Waals surface area contributed by atoms with Crippen molar-refractivity contribution in [3.8, 4) is 17.2 Å². The zero-order valence-corrected chi connectivity index (χ0v) is 37.3. The highest BCUT2D eigenvalue weighted by Gasteiger charge is 2.59. The SMILES string of the molecule is Cc1cc(-n2nc3c(c2-n2ccn(-c4ccc5cnccc5c4F)c2=O)[C@@H]2CCC[C@H](C3)N2C(=O)c2cc3cc([C@H]4CCOC5(CC5)C4)ccc3n2[C@@]2(c3noc(=O)[nH]3)C[C@@H]2C)cc(C)c1F. The van der Waals surface area contributed by atoms with Gasteiger partial charge in [0.15, 0.2) is 11.6 Å². The molecule has 67 heavy (non-hydrogen) atoms. The van der Waals surface area contributed by atoms with Gasteiger partial charge >= 0.3 is 11.4 Å². The molecule has 5 aliphatic rings. The summed E-state index contributed by atoms with van der Waals surface area (Å²) in [4.78, 5) is 52.3. The largest absolute Gasteiger partial charge is 0.438 e. The lowest BCUT2D eigenvalue weighted by atomic mass is 9.82. The Bertz CT molecular complexity index is 3490. The zero-order valence-electron chi connectivity index (χ0n) is 37.3. The molecule has 3 aromatic carbocycles. The molecule has 0 unspecified atom stereocenters. The lowest BCUT2D eigenvalue weighted by Crippen LogP contribution is -2.50. The second-order valence-corrected chi connectivity index (χ2v) is 19.7.